The van der Waals surface area contributed by atoms with Gasteiger partial charge in [0, 0.05) is 0 Å². The molecular weight excluding hydrogens is 260 g/mol. The Morgan fingerprint density at radius 1 is 1.30 bits per heavy atom. The Hall–Kier alpha value is -1.92. The molecule has 0 bridgehead atoms. The molecule has 107 valence electrons. The maximum atomic E-state index is 12.1. The Labute approximate surface area is 116 Å². The first-order chi connectivity index (χ1) is 9.50. The van der Waals surface area contributed by atoms with Crippen LogP contribution in [0.5, 0.6) is 0 Å². The third-order valence-corrected chi connectivity index (χ3v) is 3.37. The topological polar surface area (TPSA) is 104 Å². The third kappa shape index (κ3) is 2.97. The van der Waals surface area contributed by atoms with Crippen LogP contribution in [-0.4, -0.2) is 51.7 Å². The normalized spacial score (nSPS) is 25.7. The van der Waals surface area contributed by atoms with Gasteiger partial charge in [-0.15, -0.1) is 0 Å². The molecule has 1 aliphatic heterocycles. The number of carbonyl (C=O) groups is 2. The van der Waals surface area contributed by atoms with E-state index in [-0.39, 0.29) is 6.54 Å². The van der Waals surface area contributed by atoms with Crippen LogP contribution in [0.1, 0.15) is 5.56 Å². The highest BCUT2D eigenvalue weighted by atomic mass is 16.3. The van der Waals surface area contributed by atoms with E-state index < -0.39 is 30.1 Å². The quantitative estimate of drug-likeness (QED) is 0.646. The highest BCUT2D eigenvalue weighted by molar-refractivity contribution is 5.92. The fourth-order valence-electron chi connectivity index (χ4n) is 2.30. The lowest BCUT2D eigenvalue weighted by molar-refractivity contribution is -0.136. The maximum absolute atomic E-state index is 12.1. The lowest BCUT2D eigenvalue weighted by Crippen LogP contribution is -2.48. The van der Waals surface area contributed by atoms with Crippen molar-refractivity contribution in [2.24, 2.45) is 5.73 Å². The van der Waals surface area contributed by atoms with E-state index in [4.69, 9.17) is 5.73 Å². The molecule has 0 aromatic heterocycles. The number of aliphatic hydroxyl groups is 2. The van der Waals surface area contributed by atoms with E-state index in [1.165, 1.54) is 6.42 Å². The van der Waals surface area contributed by atoms with Crippen molar-refractivity contribution in [3.8, 4) is 0 Å². The van der Waals surface area contributed by atoms with Gasteiger partial charge in [-0.05, 0) is 12.0 Å². The molecule has 1 aromatic rings. The van der Waals surface area contributed by atoms with Gasteiger partial charge in [-0.1, -0.05) is 30.3 Å². The lowest BCUT2D eigenvalue weighted by atomic mass is 10.1. The minimum atomic E-state index is -1.33. The molecule has 6 nitrogen and oxygen atoms in total. The van der Waals surface area contributed by atoms with Gasteiger partial charge in [0.25, 0.3) is 0 Å². The summed E-state index contributed by atoms with van der Waals surface area (Å²) in [6, 6.07) is 8.18. The zero-order chi connectivity index (χ0) is 14.7. The molecule has 0 spiro atoms. The summed E-state index contributed by atoms with van der Waals surface area (Å²) in [6.45, 7) is -0.0983. The number of hydrogen-bond acceptors (Lipinski definition) is 4. The second kappa shape index (κ2) is 6.02. The van der Waals surface area contributed by atoms with Crippen LogP contribution in [0.15, 0.2) is 30.3 Å². The molecule has 1 fully saturated rings. The predicted octanol–water partition coefficient (Wildman–Crippen LogP) is -1.15. The summed E-state index contributed by atoms with van der Waals surface area (Å²) >= 11 is 0. The van der Waals surface area contributed by atoms with Crippen molar-refractivity contribution >= 4 is 11.8 Å². The Morgan fingerprint density at radius 2 is 1.95 bits per heavy atom. The highest BCUT2D eigenvalue weighted by Crippen LogP contribution is 2.20. The zero-order valence-electron chi connectivity index (χ0n) is 10.8. The minimum absolute atomic E-state index is 0.0983. The molecule has 1 saturated heterocycles. The Balaban J connectivity index is 1.99. The number of nitrogens with two attached hydrogens (primary N) is 1. The second-order valence-electron chi connectivity index (χ2n) is 4.79. The maximum Gasteiger partial charge on any atom is 0.243 e. The van der Waals surface area contributed by atoms with Crippen LogP contribution in [0.4, 0.5) is 0 Å². The predicted molar refractivity (Wildman–Crippen MR) is 71.2 cm³/mol. The lowest BCUT2D eigenvalue weighted by Gasteiger charge is -2.22. The molecule has 1 aromatic carbocycles. The molecule has 4 N–H and O–H groups in total. The van der Waals surface area contributed by atoms with Gasteiger partial charge in [0.1, 0.15) is 12.1 Å². The number of β-amino-alcohol motifs (C(OH)–C–C–N with tert-alkyl or cyclic N) is 1. The average molecular weight is 277 g/mol. The summed E-state index contributed by atoms with van der Waals surface area (Å²) in [5.41, 5.74) is 6.12. The van der Waals surface area contributed by atoms with Gasteiger partial charge in [0.05, 0.1) is 19.1 Å². The van der Waals surface area contributed by atoms with Crippen LogP contribution in [0.2, 0.25) is 0 Å². The Morgan fingerprint density at radius 3 is 2.55 bits per heavy atom. The van der Waals surface area contributed by atoms with Gasteiger partial charge < -0.3 is 20.8 Å². The first kappa shape index (κ1) is 14.5. The number of hydrogen-bond donors (Lipinski definition) is 3. The average Bonchev–Trinajstić information content (AvgIpc) is 2.73. The zero-order valence-corrected chi connectivity index (χ0v) is 10.8. The molecule has 1 radical (unpaired) electrons. The van der Waals surface area contributed by atoms with Gasteiger partial charge in [-0.25, -0.2) is 0 Å². The van der Waals surface area contributed by atoms with Crippen molar-refractivity contribution in [1.29, 1.82) is 0 Å². The number of nitrogens with zero attached hydrogens (tertiary/aromatic N) is 1. The van der Waals surface area contributed by atoms with E-state index >= 15 is 0 Å². The number of likely N-dealkylation sites (tertiary alicyclic amines) is 1. The van der Waals surface area contributed by atoms with Crippen molar-refractivity contribution in [3.63, 3.8) is 0 Å². The fourth-order valence-corrected chi connectivity index (χ4v) is 2.30. The summed E-state index contributed by atoms with van der Waals surface area (Å²) < 4.78 is 0. The highest BCUT2D eigenvalue weighted by Gasteiger charge is 2.45. The van der Waals surface area contributed by atoms with Crippen LogP contribution in [-0.2, 0) is 16.0 Å². The monoisotopic (exact) mass is 277 g/mol. The summed E-state index contributed by atoms with van der Waals surface area (Å²) in [5, 5.41) is 19.2. The molecule has 6 heteroatoms. The number of benzene rings is 1. The number of aliphatic hydroxyl groups excluding tert-OH is 2. The van der Waals surface area contributed by atoms with Crippen molar-refractivity contribution < 1.29 is 19.8 Å². The molecule has 1 aliphatic rings. The molecule has 0 aliphatic carbocycles. The molecule has 1 heterocycles. The minimum Gasteiger partial charge on any atom is -0.388 e. The molecular formula is C14H17N2O4. The van der Waals surface area contributed by atoms with Gasteiger partial charge in [-0.3, -0.25) is 9.59 Å². The summed E-state index contributed by atoms with van der Waals surface area (Å²) in [5.74, 6) is -1.25. The van der Waals surface area contributed by atoms with Gasteiger partial charge in [0.2, 0.25) is 11.8 Å². The SMILES string of the molecule is NC(=O)C1[C@H](O)[C@@H](O)CN1C(=O)[CH]Cc1ccccc1. The van der Waals surface area contributed by atoms with Gasteiger partial charge in [-0.2, -0.15) is 0 Å². The van der Waals surface area contributed by atoms with Crippen LogP contribution in [0, 0.1) is 6.42 Å². The number of amides is 2. The largest absolute Gasteiger partial charge is 0.388 e. The fraction of sp³-hybridized carbons (Fsp3) is 0.357. The van der Waals surface area contributed by atoms with Crippen LogP contribution < -0.4 is 5.73 Å². The second-order valence-corrected chi connectivity index (χ2v) is 4.79. The van der Waals surface area contributed by atoms with Crippen molar-refractivity contribution in [1.82, 2.24) is 4.90 Å². The summed E-state index contributed by atoms with van der Waals surface area (Å²) in [4.78, 5) is 24.5. The van der Waals surface area contributed by atoms with Crippen molar-refractivity contribution in [3.05, 3.63) is 42.3 Å². The number of carbonyl (C=O) groups excluding carboxylic acids is 2. The van der Waals surface area contributed by atoms with Crippen LogP contribution in [0.3, 0.4) is 0 Å². The first-order valence-corrected chi connectivity index (χ1v) is 6.34. The standard InChI is InChI=1S/C14H17N2O4/c15-14(20)12-13(19)10(17)8-16(12)11(18)7-6-9-4-2-1-3-5-9/h1-5,7,10,12-13,17,19H,6,8H2,(H2,15,20)/t10-,12?,13+/m0/s1. The molecule has 0 saturated carbocycles. The summed E-state index contributed by atoms with van der Waals surface area (Å²) in [6.07, 6.45) is -0.660. The van der Waals surface area contributed by atoms with Gasteiger partial charge in [0.15, 0.2) is 0 Å². The number of rotatable bonds is 4. The number of primary amides is 1. The van der Waals surface area contributed by atoms with E-state index in [1.807, 2.05) is 30.3 Å². The smallest absolute Gasteiger partial charge is 0.243 e. The molecule has 3 atom stereocenters. The van der Waals surface area contributed by atoms with Crippen LogP contribution >= 0.6 is 0 Å². The van der Waals surface area contributed by atoms with E-state index in [0.29, 0.717) is 6.42 Å². The molecule has 20 heavy (non-hydrogen) atoms. The molecule has 2 rings (SSSR count). The Kier molecular flexibility index (Phi) is 4.36. The van der Waals surface area contributed by atoms with Crippen LogP contribution in [0.25, 0.3) is 0 Å². The van der Waals surface area contributed by atoms with Crippen molar-refractivity contribution in [2.45, 2.75) is 24.7 Å². The first-order valence-electron chi connectivity index (χ1n) is 6.34. The molecule has 1 unspecified atom stereocenters. The van der Waals surface area contributed by atoms with Crippen molar-refractivity contribution in [2.75, 3.05) is 6.54 Å². The summed E-state index contributed by atoms with van der Waals surface area (Å²) in [7, 11) is 0. The van der Waals surface area contributed by atoms with E-state index in [2.05, 4.69) is 0 Å². The Bertz CT molecular complexity index is 491. The van der Waals surface area contributed by atoms with E-state index in [0.717, 1.165) is 10.5 Å². The van der Waals surface area contributed by atoms with E-state index in [1.54, 1.807) is 0 Å². The van der Waals surface area contributed by atoms with E-state index in [9.17, 15) is 19.8 Å². The molecule has 2 amide bonds. The van der Waals surface area contributed by atoms with Gasteiger partial charge >= 0.3 is 0 Å². The third-order valence-electron chi connectivity index (χ3n) is 3.37.